The minimum atomic E-state index is -3.57. The van der Waals surface area contributed by atoms with E-state index in [1.54, 1.807) is 6.07 Å². The summed E-state index contributed by atoms with van der Waals surface area (Å²) < 4.78 is 24.7. The molecule has 0 bridgehead atoms. The van der Waals surface area contributed by atoms with Crippen LogP contribution in [0.3, 0.4) is 0 Å². The van der Waals surface area contributed by atoms with E-state index in [-0.39, 0.29) is 28.8 Å². The molecule has 0 spiro atoms. The van der Waals surface area contributed by atoms with Gasteiger partial charge in [-0.1, -0.05) is 43.7 Å². The van der Waals surface area contributed by atoms with E-state index >= 15 is 0 Å². The topological polar surface area (TPSA) is 116 Å². The highest BCUT2D eigenvalue weighted by Crippen LogP contribution is 2.31. The van der Waals surface area contributed by atoms with Crippen molar-refractivity contribution in [1.82, 2.24) is 0 Å². The normalized spacial score (nSPS) is 10.7. The zero-order valence-corrected chi connectivity index (χ0v) is 16.9. The summed E-state index contributed by atoms with van der Waals surface area (Å²) in [6.45, 7) is 2.04. The standard InChI is InChI=1S/C19H23N3O3S.ClH/c1-3-4-8-14-11-15(13-9-6-5-7-10-13)17(26(2,24)25)12-16(14)18(23)22-19(20)21;/h5-7,9-12H,3-4,8H2,1-2H3,(H4,20,21,22,23);1H. The molecule has 2 rings (SSSR count). The monoisotopic (exact) mass is 409 g/mol. The maximum atomic E-state index is 12.4. The van der Waals surface area contributed by atoms with Crippen molar-refractivity contribution >= 4 is 34.1 Å². The van der Waals surface area contributed by atoms with Gasteiger partial charge in [-0.3, -0.25) is 4.79 Å². The van der Waals surface area contributed by atoms with Gasteiger partial charge in [0, 0.05) is 17.4 Å². The minimum Gasteiger partial charge on any atom is -0.370 e. The molecule has 146 valence electrons. The van der Waals surface area contributed by atoms with Gasteiger partial charge in [-0.15, -0.1) is 12.4 Å². The van der Waals surface area contributed by atoms with Crippen molar-refractivity contribution in [3.8, 4) is 11.1 Å². The molecule has 0 unspecified atom stereocenters. The number of guanidine groups is 1. The second-order valence-electron chi connectivity index (χ2n) is 6.09. The van der Waals surface area contributed by atoms with E-state index in [4.69, 9.17) is 11.5 Å². The van der Waals surface area contributed by atoms with Crippen LogP contribution in [0.4, 0.5) is 0 Å². The van der Waals surface area contributed by atoms with Crippen molar-refractivity contribution in [2.45, 2.75) is 31.1 Å². The van der Waals surface area contributed by atoms with Gasteiger partial charge in [0.2, 0.25) is 0 Å². The van der Waals surface area contributed by atoms with Crippen LogP contribution in [0.15, 0.2) is 52.4 Å². The van der Waals surface area contributed by atoms with Gasteiger partial charge >= 0.3 is 0 Å². The Hall–Kier alpha value is -2.38. The van der Waals surface area contributed by atoms with Crippen molar-refractivity contribution in [2.24, 2.45) is 16.5 Å². The smallest absolute Gasteiger partial charge is 0.280 e. The zero-order chi connectivity index (χ0) is 19.3. The van der Waals surface area contributed by atoms with Crippen LogP contribution in [0.5, 0.6) is 0 Å². The lowest BCUT2D eigenvalue weighted by Gasteiger charge is -2.14. The third-order valence-electron chi connectivity index (χ3n) is 3.95. The van der Waals surface area contributed by atoms with Crippen LogP contribution in [0.1, 0.15) is 35.7 Å². The predicted molar refractivity (Wildman–Crippen MR) is 111 cm³/mol. The fraction of sp³-hybridized carbons (Fsp3) is 0.263. The Morgan fingerprint density at radius 2 is 1.74 bits per heavy atom. The van der Waals surface area contributed by atoms with Crippen LogP contribution in [0.2, 0.25) is 0 Å². The van der Waals surface area contributed by atoms with E-state index in [9.17, 15) is 13.2 Å². The van der Waals surface area contributed by atoms with Gasteiger partial charge in [0.15, 0.2) is 15.8 Å². The summed E-state index contributed by atoms with van der Waals surface area (Å²) in [6, 6.07) is 12.4. The molecule has 4 N–H and O–H groups in total. The number of sulfone groups is 1. The Bertz CT molecular complexity index is 938. The van der Waals surface area contributed by atoms with Crippen molar-refractivity contribution < 1.29 is 13.2 Å². The number of rotatable bonds is 6. The Labute approximate surface area is 166 Å². The molecule has 0 saturated heterocycles. The number of amides is 1. The number of carbonyl (C=O) groups excluding carboxylic acids is 1. The number of unbranched alkanes of at least 4 members (excludes halogenated alkanes) is 1. The molecule has 2 aromatic rings. The third-order valence-corrected chi connectivity index (χ3v) is 5.09. The molecule has 8 heteroatoms. The Kier molecular flexibility index (Phi) is 7.99. The van der Waals surface area contributed by atoms with Gasteiger partial charge in [-0.05, 0) is 36.1 Å². The highest BCUT2D eigenvalue weighted by atomic mass is 35.5. The van der Waals surface area contributed by atoms with Gasteiger partial charge in [0.05, 0.1) is 4.90 Å². The molecule has 1 amide bonds. The lowest BCUT2D eigenvalue weighted by molar-refractivity contribution is 0.100. The van der Waals surface area contributed by atoms with E-state index < -0.39 is 15.7 Å². The van der Waals surface area contributed by atoms with Crippen molar-refractivity contribution in [3.63, 3.8) is 0 Å². The summed E-state index contributed by atoms with van der Waals surface area (Å²) in [7, 11) is -3.57. The van der Waals surface area contributed by atoms with Crippen molar-refractivity contribution in [3.05, 3.63) is 53.6 Å². The Balaban J connectivity index is 0.00000364. The minimum absolute atomic E-state index is 0. The number of nitrogens with zero attached hydrogens (tertiary/aromatic N) is 1. The summed E-state index contributed by atoms with van der Waals surface area (Å²) >= 11 is 0. The summed E-state index contributed by atoms with van der Waals surface area (Å²) in [5.74, 6) is -0.995. The molecule has 0 heterocycles. The van der Waals surface area contributed by atoms with Crippen LogP contribution in [0, 0.1) is 0 Å². The molecule has 0 aromatic heterocycles. The first-order valence-corrected chi connectivity index (χ1v) is 10.2. The van der Waals surface area contributed by atoms with Crippen LogP contribution in [-0.2, 0) is 16.3 Å². The molecule has 6 nitrogen and oxygen atoms in total. The van der Waals surface area contributed by atoms with Gasteiger partial charge in [0.1, 0.15) is 0 Å². The molecule has 0 aliphatic heterocycles. The number of aryl methyl sites for hydroxylation is 1. The SMILES string of the molecule is CCCCc1cc(-c2ccccc2)c(S(C)(=O)=O)cc1C(=O)N=C(N)N.Cl. The first-order chi connectivity index (χ1) is 12.2. The highest BCUT2D eigenvalue weighted by molar-refractivity contribution is 7.90. The molecule has 0 atom stereocenters. The summed E-state index contributed by atoms with van der Waals surface area (Å²) in [5.41, 5.74) is 12.9. The Morgan fingerprint density at radius 3 is 2.26 bits per heavy atom. The van der Waals surface area contributed by atoms with E-state index in [2.05, 4.69) is 4.99 Å². The molecule has 0 fully saturated rings. The van der Waals surface area contributed by atoms with Crippen molar-refractivity contribution in [1.29, 1.82) is 0 Å². The predicted octanol–water partition coefficient (Wildman–Crippen LogP) is 2.94. The molecule has 0 radical (unpaired) electrons. The quantitative estimate of drug-likeness (QED) is 0.562. The zero-order valence-electron chi connectivity index (χ0n) is 15.3. The number of carbonyl (C=O) groups is 1. The van der Waals surface area contributed by atoms with Gasteiger partial charge in [-0.25, -0.2) is 8.42 Å². The number of hydrogen-bond acceptors (Lipinski definition) is 3. The Morgan fingerprint density at radius 1 is 1.11 bits per heavy atom. The second-order valence-corrected chi connectivity index (χ2v) is 8.07. The number of halogens is 1. The van der Waals surface area contributed by atoms with E-state index in [1.807, 2.05) is 37.3 Å². The fourth-order valence-corrected chi connectivity index (χ4v) is 3.63. The fourth-order valence-electron chi connectivity index (χ4n) is 2.73. The lowest BCUT2D eigenvalue weighted by atomic mass is 9.95. The van der Waals surface area contributed by atoms with Gasteiger partial charge < -0.3 is 11.5 Å². The molecule has 2 aromatic carbocycles. The molecular weight excluding hydrogens is 386 g/mol. The average Bonchev–Trinajstić information content (AvgIpc) is 2.58. The van der Waals surface area contributed by atoms with E-state index in [1.165, 1.54) is 6.07 Å². The van der Waals surface area contributed by atoms with Crippen molar-refractivity contribution in [2.75, 3.05) is 6.26 Å². The third kappa shape index (κ3) is 5.80. The molecule has 0 aliphatic rings. The number of hydrogen-bond donors (Lipinski definition) is 2. The molecule has 0 saturated carbocycles. The van der Waals surface area contributed by atoms with E-state index in [0.29, 0.717) is 12.0 Å². The lowest BCUT2D eigenvalue weighted by Crippen LogP contribution is -2.24. The van der Waals surface area contributed by atoms with Gasteiger partial charge in [0.25, 0.3) is 5.91 Å². The molecule has 0 aliphatic carbocycles. The average molecular weight is 410 g/mol. The van der Waals surface area contributed by atoms with Crippen LogP contribution in [0.25, 0.3) is 11.1 Å². The molecule has 27 heavy (non-hydrogen) atoms. The first-order valence-electron chi connectivity index (χ1n) is 8.30. The van der Waals surface area contributed by atoms with Crippen LogP contribution in [-0.4, -0.2) is 26.5 Å². The van der Waals surface area contributed by atoms with Crippen LogP contribution >= 0.6 is 12.4 Å². The first kappa shape index (κ1) is 22.7. The number of aliphatic imine (C=N–C) groups is 1. The maximum absolute atomic E-state index is 12.4. The van der Waals surface area contributed by atoms with E-state index in [0.717, 1.165) is 30.2 Å². The molecular formula is C19H24ClN3O3S. The second kappa shape index (κ2) is 9.53. The summed E-state index contributed by atoms with van der Waals surface area (Å²) in [6.07, 6.45) is 3.54. The van der Waals surface area contributed by atoms with Crippen LogP contribution < -0.4 is 11.5 Å². The number of nitrogens with two attached hydrogens (primary N) is 2. The van der Waals surface area contributed by atoms with Gasteiger partial charge in [-0.2, -0.15) is 4.99 Å². The maximum Gasteiger partial charge on any atom is 0.280 e. The number of benzene rings is 2. The summed E-state index contributed by atoms with van der Waals surface area (Å²) in [5, 5.41) is 0. The highest BCUT2D eigenvalue weighted by Gasteiger charge is 2.21. The largest absolute Gasteiger partial charge is 0.370 e. The summed E-state index contributed by atoms with van der Waals surface area (Å²) in [4.78, 5) is 16.1.